The van der Waals surface area contributed by atoms with Crippen LogP contribution in [0.15, 0.2) is 39.5 Å². The Morgan fingerprint density at radius 3 is 2.80 bits per heavy atom. The standard InChI is InChI=1S/C23H23NO5S/c1-12(2)28-23(27)19-16-9-8-13(3)10-18(16)30-21(19)24-20(25)17-11-14-6-4-5-7-15(14)22(26)29-17/h4-7,11-13H,8-10H2,1-3H3,(H,24,25). The first-order valence-electron chi connectivity index (χ1n) is 10.0. The summed E-state index contributed by atoms with van der Waals surface area (Å²) < 4.78 is 10.7. The number of carbonyl (C=O) groups excluding carboxylic acids is 2. The first-order valence-corrected chi connectivity index (χ1v) is 10.8. The van der Waals surface area contributed by atoms with E-state index in [1.165, 1.54) is 17.4 Å². The minimum absolute atomic E-state index is 0.0957. The maximum atomic E-state index is 12.9. The average molecular weight is 426 g/mol. The Kier molecular flexibility index (Phi) is 5.47. The van der Waals surface area contributed by atoms with Gasteiger partial charge < -0.3 is 14.5 Å². The first-order chi connectivity index (χ1) is 14.3. The Bertz CT molecular complexity index is 1190. The Morgan fingerprint density at radius 2 is 2.03 bits per heavy atom. The normalized spacial score (nSPS) is 15.8. The summed E-state index contributed by atoms with van der Waals surface area (Å²) in [6.07, 6.45) is 2.36. The average Bonchev–Trinajstić information content (AvgIpc) is 3.04. The molecule has 2 heterocycles. The Hall–Kier alpha value is -2.93. The predicted octanol–water partition coefficient (Wildman–Crippen LogP) is 4.80. The van der Waals surface area contributed by atoms with E-state index in [0.717, 1.165) is 29.7 Å². The van der Waals surface area contributed by atoms with Gasteiger partial charge in [0.1, 0.15) is 5.00 Å². The molecule has 1 N–H and O–H groups in total. The van der Waals surface area contributed by atoms with Crippen LogP contribution in [0.5, 0.6) is 0 Å². The summed E-state index contributed by atoms with van der Waals surface area (Å²) in [5, 5.41) is 4.27. The van der Waals surface area contributed by atoms with Crippen LogP contribution in [0.2, 0.25) is 0 Å². The summed E-state index contributed by atoms with van der Waals surface area (Å²) in [5.41, 5.74) is 0.808. The van der Waals surface area contributed by atoms with Crippen LogP contribution in [-0.2, 0) is 17.6 Å². The van der Waals surface area contributed by atoms with Crippen LogP contribution in [0.3, 0.4) is 0 Å². The molecule has 0 radical (unpaired) electrons. The Labute approximate surface area is 177 Å². The van der Waals surface area contributed by atoms with E-state index >= 15 is 0 Å². The second-order valence-electron chi connectivity index (χ2n) is 7.95. The van der Waals surface area contributed by atoms with Crippen molar-refractivity contribution in [2.24, 2.45) is 5.92 Å². The number of ether oxygens (including phenoxy) is 1. The highest BCUT2D eigenvalue weighted by molar-refractivity contribution is 7.17. The van der Waals surface area contributed by atoms with Crippen LogP contribution < -0.4 is 10.9 Å². The molecule has 1 aliphatic rings. The summed E-state index contributed by atoms with van der Waals surface area (Å²) in [7, 11) is 0. The molecular formula is C23H23NO5S. The number of benzene rings is 1. The number of anilines is 1. The molecule has 30 heavy (non-hydrogen) atoms. The largest absolute Gasteiger partial charge is 0.459 e. The van der Waals surface area contributed by atoms with E-state index in [1.807, 2.05) is 0 Å². The van der Waals surface area contributed by atoms with Crippen LogP contribution in [0.25, 0.3) is 10.8 Å². The third-order valence-corrected chi connectivity index (χ3v) is 6.35. The number of hydrogen-bond donors (Lipinski definition) is 1. The molecule has 1 aromatic carbocycles. The Balaban J connectivity index is 1.71. The monoisotopic (exact) mass is 425 g/mol. The molecular weight excluding hydrogens is 402 g/mol. The van der Waals surface area contributed by atoms with Gasteiger partial charge in [0.2, 0.25) is 0 Å². The molecule has 0 spiro atoms. The van der Waals surface area contributed by atoms with Crippen molar-refractivity contribution in [2.75, 3.05) is 5.32 Å². The van der Waals surface area contributed by atoms with Crippen molar-refractivity contribution < 1.29 is 18.7 Å². The number of nitrogens with one attached hydrogen (secondary N) is 1. The van der Waals surface area contributed by atoms with Gasteiger partial charge in [-0.1, -0.05) is 25.1 Å². The highest BCUT2D eigenvalue weighted by Crippen LogP contribution is 2.40. The van der Waals surface area contributed by atoms with Crippen molar-refractivity contribution in [3.63, 3.8) is 0 Å². The van der Waals surface area contributed by atoms with Gasteiger partial charge in [-0.15, -0.1) is 11.3 Å². The zero-order chi connectivity index (χ0) is 21.4. The lowest BCUT2D eigenvalue weighted by Gasteiger charge is -2.18. The van der Waals surface area contributed by atoms with Crippen molar-refractivity contribution in [3.8, 4) is 0 Å². The van der Waals surface area contributed by atoms with E-state index in [-0.39, 0.29) is 11.9 Å². The molecule has 3 aromatic rings. The van der Waals surface area contributed by atoms with Crippen molar-refractivity contribution in [1.82, 2.24) is 0 Å². The van der Waals surface area contributed by atoms with Gasteiger partial charge in [0.25, 0.3) is 5.91 Å². The van der Waals surface area contributed by atoms with Gasteiger partial charge in [-0.25, -0.2) is 9.59 Å². The quantitative estimate of drug-likeness (QED) is 0.607. The van der Waals surface area contributed by atoms with E-state index in [1.54, 1.807) is 38.1 Å². The zero-order valence-corrected chi connectivity index (χ0v) is 17.9. The van der Waals surface area contributed by atoms with Crippen molar-refractivity contribution in [1.29, 1.82) is 0 Å². The molecule has 1 atom stereocenters. The van der Waals surface area contributed by atoms with Gasteiger partial charge in [-0.2, -0.15) is 0 Å². The fourth-order valence-corrected chi connectivity index (χ4v) is 5.13. The number of hydrogen-bond acceptors (Lipinski definition) is 6. The third-order valence-electron chi connectivity index (χ3n) is 5.18. The minimum atomic E-state index is -0.572. The smallest absolute Gasteiger partial charge is 0.344 e. The number of thiophene rings is 1. The number of esters is 1. The van der Waals surface area contributed by atoms with Gasteiger partial charge >= 0.3 is 11.6 Å². The second-order valence-corrected chi connectivity index (χ2v) is 9.05. The van der Waals surface area contributed by atoms with Crippen molar-refractivity contribution in [3.05, 3.63) is 62.5 Å². The summed E-state index contributed by atoms with van der Waals surface area (Å²) in [5.74, 6) is -0.579. The summed E-state index contributed by atoms with van der Waals surface area (Å²) in [6, 6.07) is 8.46. The van der Waals surface area contributed by atoms with Gasteiger partial charge in [0.15, 0.2) is 5.76 Å². The van der Waals surface area contributed by atoms with E-state index in [2.05, 4.69) is 12.2 Å². The predicted molar refractivity (Wildman–Crippen MR) is 116 cm³/mol. The first kappa shape index (κ1) is 20.3. The molecule has 0 saturated heterocycles. The fourth-order valence-electron chi connectivity index (χ4n) is 3.74. The lowest BCUT2D eigenvalue weighted by Crippen LogP contribution is -2.19. The van der Waals surface area contributed by atoms with Gasteiger partial charge in [-0.05, 0) is 62.1 Å². The topological polar surface area (TPSA) is 85.6 Å². The molecule has 1 unspecified atom stereocenters. The van der Waals surface area contributed by atoms with Crippen LogP contribution in [0.1, 0.15) is 58.5 Å². The third kappa shape index (κ3) is 3.89. The van der Waals surface area contributed by atoms with Crippen LogP contribution in [-0.4, -0.2) is 18.0 Å². The highest BCUT2D eigenvalue weighted by Gasteiger charge is 2.30. The fraction of sp³-hybridized carbons (Fsp3) is 0.348. The van der Waals surface area contributed by atoms with Crippen molar-refractivity contribution in [2.45, 2.75) is 46.1 Å². The van der Waals surface area contributed by atoms with Gasteiger partial charge in [0.05, 0.1) is 17.1 Å². The van der Waals surface area contributed by atoms with E-state index < -0.39 is 17.5 Å². The molecule has 0 fully saturated rings. The molecule has 156 valence electrons. The number of rotatable bonds is 4. The van der Waals surface area contributed by atoms with E-state index in [9.17, 15) is 14.4 Å². The zero-order valence-electron chi connectivity index (χ0n) is 17.1. The van der Waals surface area contributed by atoms with Gasteiger partial charge in [0, 0.05) is 4.88 Å². The summed E-state index contributed by atoms with van der Waals surface area (Å²) in [4.78, 5) is 39.0. The molecule has 0 aliphatic heterocycles. The number of carbonyl (C=O) groups is 2. The minimum Gasteiger partial charge on any atom is -0.459 e. The second kappa shape index (κ2) is 8.07. The van der Waals surface area contributed by atoms with Crippen LogP contribution >= 0.6 is 11.3 Å². The lowest BCUT2D eigenvalue weighted by molar-refractivity contribution is 0.0378. The van der Waals surface area contributed by atoms with Crippen LogP contribution in [0.4, 0.5) is 5.00 Å². The molecule has 4 rings (SSSR count). The molecule has 2 aromatic heterocycles. The number of fused-ring (bicyclic) bond motifs is 2. The van der Waals surface area contributed by atoms with Gasteiger partial charge in [-0.3, -0.25) is 4.79 Å². The maximum absolute atomic E-state index is 12.9. The van der Waals surface area contributed by atoms with E-state index in [4.69, 9.17) is 9.15 Å². The van der Waals surface area contributed by atoms with Crippen LogP contribution in [0, 0.1) is 5.92 Å². The molecule has 0 saturated carbocycles. The van der Waals surface area contributed by atoms with E-state index in [0.29, 0.717) is 27.3 Å². The maximum Gasteiger partial charge on any atom is 0.344 e. The molecule has 0 bridgehead atoms. The SMILES string of the molecule is CC1CCc2c(sc(NC(=O)c3cc4ccccc4c(=O)o3)c2C(=O)OC(C)C)C1. The lowest BCUT2D eigenvalue weighted by atomic mass is 9.88. The summed E-state index contributed by atoms with van der Waals surface area (Å²) >= 11 is 1.40. The van der Waals surface area contributed by atoms with Crippen molar-refractivity contribution >= 4 is 39.0 Å². The Morgan fingerprint density at radius 1 is 1.27 bits per heavy atom. The molecule has 7 heteroatoms. The number of amides is 1. The molecule has 1 aliphatic carbocycles. The molecule has 1 amide bonds. The highest BCUT2D eigenvalue weighted by atomic mass is 32.1. The molecule has 6 nitrogen and oxygen atoms in total. The summed E-state index contributed by atoms with van der Waals surface area (Å²) in [6.45, 7) is 5.76.